The second-order valence-electron chi connectivity index (χ2n) is 3.96. The fraction of sp³-hybridized carbons (Fsp3) is 0.333. The number of anilines is 1. The lowest BCUT2D eigenvalue weighted by Crippen LogP contribution is -2.10. The summed E-state index contributed by atoms with van der Waals surface area (Å²) in [6.45, 7) is 2.06. The molecule has 0 fully saturated rings. The maximum absolute atomic E-state index is 11.5. The molecule has 0 aliphatic carbocycles. The molecular formula is C12H15N5O. The van der Waals surface area contributed by atoms with E-state index < -0.39 is 0 Å². The van der Waals surface area contributed by atoms with Crippen LogP contribution in [0.4, 0.5) is 5.69 Å². The van der Waals surface area contributed by atoms with Crippen LogP contribution in [-0.2, 0) is 4.79 Å². The molecule has 94 valence electrons. The number of rotatable bonds is 5. The Morgan fingerprint density at radius 1 is 1.33 bits per heavy atom. The molecule has 1 heterocycles. The van der Waals surface area contributed by atoms with Crippen LogP contribution in [-0.4, -0.2) is 26.5 Å². The van der Waals surface area contributed by atoms with E-state index in [0.29, 0.717) is 12.2 Å². The summed E-state index contributed by atoms with van der Waals surface area (Å²) in [6, 6.07) is 7.35. The number of nitrogens with zero attached hydrogens (tertiary/aromatic N) is 3. The Kier molecular flexibility index (Phi) is 4.01. The number of hydrogen-bond donors (Lipinski definition) is 2. The Bertz CT molecular complexity index is 492. The van der Waals surface area contributed by atoms with E-state index in [1.165, 1.54) is 0 Å². The van der Waals surface area contributed by atoms with Crippen LogP contribution in [0, 0.1) is 0 Å². The molecule has 1 amide bonds. The van der Waals surface area contributed by atoms with Crippen molar-refractivity contribution in [3.63, 3.8) is 0 Å². The van der Waals surface area contributed by atoms with Crippen molar-refractivity contribution in [1.82, 2.24) is 20.6 Å². The quantitative estimate of drug-likeness (QED) is 0.843. The Morgan fingerprint density at radius 3 is 2.72 bits per heavy atom. The number of carbonyl (C=O) groups is 1. The molecule has 0 aliphatic rings. The fourth-order valence-electron chi connectivity index (χ4n) is 1.55. The standard InChI is InChI=1S/C12H15N5O/c1-2-3-4-11(18)13-10-7-5-9(6-8-10)12-14-16-17-15-12/h5-8H,2-4H2,1H3,(H,13,18)(H,14,15,16,17). The molecule has 2 N–H and O–H groups in total. The largest absolute Gasteiger partial charge is 0.326 e. The summed E-state index contributed by atoms with van der Waals surface area (Å²) in [5.41, 5.74) is 1.64. The van der Waals surface area contributed by atoms with Gasteiger partial charge in [-0.2, -0.15) is 5.21 Å². The van der Waals surface area contributed by atoms with Gasteiger partial charge in [-0.15, -0.1) is 10.2 Å². The van der Waals surface area contributed by atoms with Gasteiger partial charge in [0.05, 0.1) is 0 Å². The molecular weight excluding hydrogens is 230 g/mol. The second kappa shape index (κ2) is 5.90. The van der Waals surface area contributed by atoms with Gasteiger partial charge >= 0.3 is 0 Å². The molecule has 0 spiro atoms. The third-order valence-corrected chi connectivity index (χ3v) is 2.53. The molecule has 18 heavy (non-hydrogen) atoms. The van der Waals surface area contributed by atoms with Crippen LogP contribution in [0.5, 0.6) is 0 Å². The second-order valence-corrected chi connectivity index (χ2v) is 3.96. The number of tetrazole rings is 1. The van der Waals surface area contributed by atoms with Crippen molar-refractivity contribution in [2.45, 2.75) is 26.2 Å². The van der Waals surface area contributed by atoms with Crippen LogP contribution in [0.3, 0.4) is 0 Å². The molecule has 2 rings (SSSR count). The Labute approximate surface area is 105 Å². The fourth-order valence-corrected chi connectivity index (χ4v) is 1.55. The maximum Gasteiger partial charge on any atom is 0.224 e. The zero-order chi connectivity index (χ0) is 12.8. The maximum atomic E-state index is 11.5. The minimum Gasteiger partial charge on any atom is -0.326 e. The number of benzene rings is 1. The molecule has 0 radical (unpaired) electrons. The Morgan fingerprint density at radius 2 is 2.11 bits per heavy atom. The number of hydrogen-bond acceptors (Lipinski definition) is 4. The zero-order valence-electron chi connectivity index (χ0n) is 10.2. The first-order chi connectivity index (χ1) is 8.79. The smallest absolute Gasteiger partial charge is 0.224 e. The highest BCUT2D eigenvalue weighted by Crippen LogP contribution is 2.16. The van der Waals surface area contributed by atoms with Gasteiger partial charge < -0.3 is 5.32 Å². The molecule has 0 atom stereocenters. The van der Waals surface area contributed by atoms with Gasteiger partial charge in [0.15, 0.2) is 0 Å². The third-order valence-electron chi connectivity index (χ3n) is 2.53. The van der Waals surface area contributed by atoms with Crippen LogP contribution >= 0.6 is 0 Å². The summed E-state index contributed by atoms with van der Waals surface area (Å²) in [7, 11) is 0. The Balaban J connectivity index is 1.98. The lowest BCUT2D eigenvalue weighted by Gasteiger charge is -2.04. The summed E-state index contributed by atoms with van der Waals surface area (Å²) in [4.78, 5) is 11.5. The van der Waals surface area contributed by atoms with E-state index >= 15 is 0 Å². The molecule has 0 unspecified atom stereocenters. The van der Waals surface area contributed by atoms with Crippen LogP contribution < -0.4 is 5.32 Å². The molecule has 6 heteroatoms. The van der Waals surface area contributed by atoms with Gasteiger partial charge in [-0.25, -0.2) is 0 Å². The monoisotopic (exact) mass is 245 g/mol. The van der Waals surface area contributed by atoms with Crippen LogP contribution in [0.2, 0.25) is 0 Å². The number of nitrogens with one attached hydrogen (secondary N) is 2. The van der Waals surface area contributed by atoms with Crippen molar-refractivity contribution >= 4 is 11.6 Å². The average molecular weight is 245 g/mol. The molecule has 0 bridgehead atoms. The summed E-state index contributed by atoms with van der Waals surface area (Å²) in [6.07, 6.45) is 2.49. The third kappa shape index (κ3) is 3.13. The lowest BCUT2D eigenvalue weighted by atomic mass is 10.2. The predicted molar refractivity (Wildman–Crippen MR) is 67.8 cm³/mol. The van der Waals surface area contributed by atoms with E-state index in [4.69, 9.17) is 0 Å². The number of carbonyl (C=O) groups excluding carboxylic acids is 1. The van der Waals surface area contributed by atoms with Crippen molar-refractivity contribution in [3.8, 4) is 11.4 Å². The van der Waals surface area contributed by atoms with Crippen molar-refractivity contribution in [2.24, 2.45) is 0 Å². The van der Waals surface area contributed by atoms with Crippen molar-refractivity contribution in [3.05, 3.63) is 24.3 Å². The van der Waals surface area contributed by atoms with Gasteiger partial charge in [0.25, 0.3) is 0 Å². The first-order valence-electron chi connectivity index (χ1n) is 5.93. The van der Waals surface area contributed by atoms with Crippen molar-refractivity contribution < 1.29 is 4.79 Å². The molecule has 0 aliphatic heterocycles. The van der Waals surface area contributed by atoms with Crippen molar-refractivity contribution in [1.29, 1.82) is 0 Å². The summed E-state index contributed by atoms with van der Waals surface area (Å²) in [5.74, 6) is 0.586. The van der Waals surface area contributed by atoms with E-state index in [1.54, 1.807) is 0 Å². The lowest BCUT2D eigenvalue weighted by molar-refractivity contribution is -0.116. The number of aromatic amines is 1. The number of unbranched alkanes of at least 4 members (excludes halogenated alkanes) is 1. The molecule has 1 aromatic carbocycles. The van der Waals surface area contributed by atoms with E-state index in [0.717, 1.165) is 24.1 Å². The predicted octanol–water partition coefficient (Wildman–Crippen LogP) is 2.00. The van der Waals surface area contributed by atoms with Crippen LogP contribution in [0.25, 0.3) is 11.4 Å². The van der Waals surface area contributed by atoms with E-state index in [9.17, 15) is 4.79 Å². The van der Waals surface area contributed by atoms with Crippen molar-refractivity contribution in [2.75, 3.05) is 5.32 Å². The first kappa shape index (κ1) is 12.2. The normalized spacial score (nSPS) is 10.3. The Hall–Kier alpha value is -2.24. The SMILES string of the molecule is CCCCC(=O)Nc1ccc(-c2nn[nH]n2)cc1. The van der Waals surface area contributed by atoms with E-state index in [-0.39, 0.29) is 5.91 Å². The molecule has 0 saturated carbocycles. The average Bonchev–Trinajstić information content (AvgIpc) is 2.91. The molecule has 2 aromatic rings. The highest BCUT2D eigenvalue weighted by atomic mass is 16.1. The molecule has 1 aromatic heterocycles. The van der Waals surface area contributed by atoms with Crippen LogP contribution in [0.1, 0.15) is 26.2 Å². The number of H-pyrrole nitrogens is 1. The summed E-state index contributed by atoms with van der Waals surface area (Å²) < 4.78 is 0. The van der Waals surface area contributed by atoms with E-state index in [2.05, 4.69) is 32.9 Å². The van der Waals surface area contributed by atoms with Gasteiger partial charge in [0.1, 0.15) is 0 Å². The highest BCUT2D eigenvalue weighted by molar-refractivity contribution is 5.90. The van der Waals surface area contributed by atoms with Gasteiger partial charge in [-0.05, 0) is 35.9 Å². The number of amides is 1. The van der Waals surface area contributed by atoms with E-state index in [1.807, 2.05) is 24.3 Å². The molecule has 0 saturated heterocycles. The zero-order valence-corrected chi connectivity index (χ0v) is 10.2. The van der Waals surface area contributed by atoms with Crippen LogP contribution in [0.15, 0.2) is 24.3 Å². The topological polar surface area (TPSA) is 83.6 Å². The molecule has 6 nitrogen and oxygen atoms in total. The van der Waals surface area contributed by atoms with Gasteiger partial charge in [0, 0.05) is 17.7 Å². The minimum absolute atomic E-state index is 0.0455. The van der Waals surface area contributed by atoms with Gasteiger partial charge in [0.2, 0.25) is 11.7 Å². The van der Waals surface area contributed by atoms with Gasteiger partial charge in [-0.1, -0.05) is 13.3 Å². The number of aromatic nitrogens is 4. The summed E-state index contributed by atoms with van der Waals surface area (Å²) in [5, 5.41) is 16.5. The highest BCUT2D eigenvalue weighted by Gasteiger charge is 2.04. The summed E-state index contributed by atoms with van der Waals surface area (Å²) >= 11 is 0. The minimum atomic E-state index is 0.0455. The first-order valence-corrected chi connectivity index (χ1v) is 5.93. The van der Waals surface area contributed by atoms with Gasteiger partial charge in [-0.3, -0.25) is 4.79 Å².